The van der Waals surface area contributed by atoms with Crippen molar-refractivity contribution < 1.29 is 0 Å². The van der Waals surface area contributed by atoms with E-state index in [-0.39, 0.29) is 0 Å². The Hall–Kier alpha value is -1.69. The SMILES string of the molecule is CC.CNCCCNc1ncnc2nc[nH]c12. The third-order valence-electron chi connectivity index (χ3n) is 2.12. The van der Waals surface area contributed by atoms with Gasteiger partial charge in [0.2, 0.25) is 0 Å². The number of nitrogens with zero attached hydrogens (tertiary/aromatic N) is 3. The minimum Gasteiger partial charge on any atom is -0.368 e. The van der Waals surface area contributed by atoms with E-state index in [0.29, 0.717) is 5.65 Å². The lowest BCUT2D eigenvalue weighted by Crippen LogP contribution is -2.13. The van der Waals surface area contributed by atoms with Gasteiger partial charge in [0.05, 0.1) is 6.33 Å². The molecule has 0 radical (unpaired) electrons. The van der Waals surface area contributed by atoms with Crippen LogP contribution in [-0.4, -0.2) is 40.1 Å². The fourth-order valence-corrected chi connectivity index (χ4v) is 1.37. The topological polar surface area (TPSA) is 78.5 Å². The quantitative estimate of drug-likeness (QED) is 0.684. The van der Waals surface area contributed by atoms with Gasteiger partial charge in [0.25, 0.3) is 0 Å². The van der Waals surface area contributed by atoms with Crippen LogP contribution in [0.2, 0.25) is 0 Å². The molecule has 6 nitrogen and oxygen atoms in total. The molecule has 0 spiro atoms. The molecular weight excluding hydrogens is 216 g/mol. The van der Waals surface area contributed by atoms with E-state index in [1.807, 2.05) is 20.9 Å². The number of hydrogen-bond donors (Lipinski definition) is 3. The summed E-state index contributed by atoms with van der Waals surface area (Å²) >= 11 is 0. The van der Waals surface area contributed by atoms with Crippen LogP contribution in [0, 0.1) is 0 Å². The molecule has 0 bridgehead atoms. The Morgan fingerprint density at radius 2 is 2.00 bits per heavy atom. The van der Waals surface area contributed by atoms with Crippen LogP contribution in [-0.2, 0) is 0 Å². The van der Waals surface area contributed by atoms with Crippen LogP contribution >= 0.6 is 0 Å². The first kappa shape index (κ1) is 13.4. The smallest absolute Gasteiger partial charge is 0.182 e. The Morgan fingerprint density at radius 1 is 1.18 bits per heavy atom. The number of imidazole rings is 1. The molecule has 0 unspecified atom stereocenters. The largest absolute Gasteiger partial charge is 0.368 e. The maximum atomic E-state index is 4.16. The zero-order valence-electron chi connectivity index (χ0n) is 10.6. The average molecular weight is 236 g/mol. The molecule has 2 rings (SSSR count). The standard InChI is InChI=1S/C9H14N6.C2H6/c1-10-3-2-4-11-8-7-9(13-5-12-7)15-6-14-8;1-2/h5-6,10H,2-4H2,1H3,(H2,11,12,13,14,15);1-2H3. The molecule has 0 aromatic carbocycles. The van der Waals surface area contributed by atoms with Crippen LogP contribution in [0.25, 0.3) is 11.2 Å². The molecule has 0 amide bonds. The second-order valence-corrected chi connectivity index (χ2v) is 3.21. The highest BCUT2D eigenvalue weighted by Gasteiger charge is 2.03. The predicted octanol–water partition coefficient (Wildman–Crippen LogP) is 1.40. The summed E-state index contributed by atoms with van der Waals surface area (Å²) in [6, 6.07) is 0. The molecule has 3 N–H and O–H groups in total. The molecule has 0 saturated carbocycles. The van der Waals surface area contributed by atoms with Gasteiger partial charge in [-0.1, -0.05) is 13.8 Å². The first-order valence-corrected chi connectivity index (χ1v) is 5.94. The lowest BCUT2D eigenvalue weighted by atomic mass is 10.4. The Kier molecular flexibility index (Phi) is 5.95. The molecule has 2 heterocycles. The van der Waals surface area contributed by atoms with E-state index in [9.17, 15) is 0 Å². The van der Waals surface area contributed by atoms with Crippen LogP contribution in [0.1, 0.15) is 20.3 Å². The van der Waals surface area contributed by atoms with Crippen molar-refractivity contribution in [3.63, 3.8) is 0 Å². The van der Waals surface area contributed by atoms with Crippen LogP contribution in [0.15, 0.2) is 12.7 Å². The summed E-state index contributed by atoms with van der Waals surface area (Å²) in [4.78, 5) is 15.3. The molecule has 2 aromatic heterocycles. The number of H-pyrrole nitrogens is 1. The first-order valence-electron chi connectivity index (χ1n) is 5.94. The summed E-state index contributed by atoms with van der Waals surface area (Å²) in [7, 11) is 1.94. The number of nitrogens with one attached hydrogen (secondary N) is 3. The van der Waals surface area contributed by atoms with Crippen molar-refractivity contribution in [3.05, 3.63) is 12.7 Å². The number of hydrogen-bond acceptors (Lipinski definition) is 5. The van der Waals surface area contributed by atoms with Crippen LogP contribution in [0.5, 0.6) is 0 Å². The Balaban J connectivity index is 0.000000686. The van der Waals surface area contributed by atoms with Gasteiger partial charge < -0.3 is 15.6 Å². The van der Waals surface area contributed by atoms with E-state index >= 15 is 0 Å². The molecule has 94 valence electrons. The average Bonchev–Trinajstić information content (AvgIpc) is 2.86. The first-order chi connectivity index (χ1) is 8.42. The molecule has 2 aromatic rings. The van der Waals surface area contributed by atoms with Crippen molar-refractivity contribution in [2.24, 2.45) is 0 Å². The molecule has 0 aliphatic heterocycles. The fourth-order valence-electron chi connectivity index (χ4n) is 1.37. The summed E-state index contributed by atoms with van der Waals surface area (Å²) < 4.78 is 0. The van der Waals surface area contributed by atoms with Gasteiger partial charge in [-0.2, -0.15) is 0 Å². The van der Waals surface area contributed by atoms with E-state index in [1.54, 1.807) is 6.33 Å². The van der Waals surface area contributed by atoms with Crippen LogP contribution in [0.3, 0.4) is 0 Å². The van der Waals surface area contributed by atoms with Crippen molar-refractivity contribution >= 4 is 17.0 Å². The molecule has 0 aliphatic rings. The zero-order chi connectivity index (χ0) is 12.5. The number of anilines is 1. The second kappa shape index (κ2) is 7.56. The maximum absolute atomic E-state index is 4.16. The normalized spacial score (nSPS) is 9.82. The molecule has 0 fully saturated rings. The van der Waals surface area contributed by atoms with Gasteiger partial charge in [-0.05, 0) is 20.0 Å². The molecular formula is C11H20N6. The fraction of sp³-hybridized carbons (Fsp3) is 0.545. The van der Waals surface area contributed by atoms with Crippen molar-refractivity contribution in [1.29, 1.82) is 0 Å². The van der Waals surface area contributed by atoms with E-state index in [4.69, 9.17) is 0 Å². The summed E-state index contributed by atoms with van der Waals surface area (Å²) in [6.07, 6.45) is 4.19. The van der Waals surface area contributed by atoms with Gasteiger partial charge in [0.15, 0.2) is 11.5 Å². The molecule has 6 heteroatoms. The highest BCUT2D eigenvalue weighted by atomic mass is 15.1. The highest BCUT2D eigenvalue weighted by molar-refractivity contribution is 5.81. The summed E-state index contributed by atoms with van der Waals surface area (Å²) in [5, 5.41) is 6.34. The Labute approximate surface area is 101 Å². The van der Waals surface area contributed by atoms with Crippen molar-refractivity contribution in [2.45, 2.75) is 20.3 Å². The van der Waals surface area contributed by atoms with Gasteiger partial charge in [-0.25, -0.2) is 15.0 Å². The third-order valence-corrected chi connectivity index (χ3v) is 2.12. The number of fused-ring (bicyclic) bond motifs is 1. The van der Waals surface area contributed by atoms with Crippen molar-refractivity contribution in [1.82, 2.24) is 25.3 Å². The number of aromatic amines is 1. The number of rotatable bonds is 5. The van der Waals surface area contributed by atoms with E-state index < -0.39 is 0 Å². The molecule has 0 saturated heterocycles. The number of aromatic nitrogens is 4. The van der Waals surface area contributed by atoms with Gasteiger partial charge >= 0.3 is 0 Å². The van der Waals surface area contributed by atoms with Gasteiger partial charge in [0.1, 0.15) is 11.8 Å². The van der Waals surface area contributed by atoms with Gasteiger partial charge in [-0.3, -0.25) is 0 Å². The van der Waals surface area contributed by atoms with E-state index in [2.05, 4.69) is 30.6 Å². The molecule has 17 heavy (non-hydrogen) atoms. The lowest BCUT2D eigenvalue weighted by molar-refractivity contribution is 0.747. The summed E-state index contributed by atoms with van der Waals surface area (Å²) in [5.41, 5.74) is 1.56. The van der Waals surface area contributed by atoms with E-state index in [1.165, 1.54) is 6.33 Å². The van der Waals surface area contributed by atoms with Crippen molar-refractivity contribution in [2.75, 3.05) is 25.5 Å². The van der Waals surface area contributed by atoms with Crippen LogP contribution in [0.4, 0.5) is 5.82 Å². The zero-order valence-corrected chi connectivity index (χ0v) is 10.6. The Bertz CT molecular complexity index is 425. The minimum atomic E-state index is 0.695. The summed E-state index contributed by atoms with van der Waals surface area (Å²) in [5.74, 6) is 0.814. The van der Waals surface area contributed by atoms with Crippen molar-refractivity contribution in [3.8, 4) is 0 Å². The molecule has 0 atom stereocenters. The lowest BCUT2D eigenvalue weighted by Gasteiger charge is -2.04. The minimum absolute atomic E-state index is 0.695. The highest BCUT2D eigenvalue weighted by Crippen LogP contribution is 2.13. The van der Waals surface area contributed by atoms with Crippen LogP contribution < -0.4 is 10.6 Å². The van der Waals surface area contributed by atoms with Gasteiger partial charge in [-0.15, -0.1) is 0 Å². The maximum Gasteiger partial charge on any atom is 0.182 e. The predicted molar refractivity (Wildman–Crippen MR) is 70.1 cm³/mol. The van der Waals surface area contributed by atoms with E-state index in [0.717, 1.165) is 30.8 Å². The Morgan fingerprint density at radius 3 is 2.76 bits per heavy atom. The molecule has 0 aliphatic carbocycles. The second-order valence-electron chi connectivity index (χ2n) is 3.21. The summed E-state index contributed by atoms with van der Waals surface area (Å²) in [6.45, 7) is 5.87. The monoisotopic (exact) mass is 236 g/mol. The van der Waals surface area contributed by atoms with Gasteiger partial charge in [0, 0.05) is 6.54 Å². The third kappa shape index (κ3) is 3.67.